The van der Waals surface area contributed by atoms with E-state index in [1.807, 2.05) is 48.5 Å². The molecule has 0 fully saturated rings. The molecule has 0 saturated carbocycles. The zero-order valence-electron chi connectivity index (χ0n) is 14.1. The molecule has 1 aliphatic rings. The van der Waals surface area contributed by atoms with Crippen LogP contribution in [0.15, 0.2) is 48.5 Å². The molecule has 1 atom stereocenters. The number of amides is 1. The first-order valence-electron chi connectivity index (χ1n) is 8.58. The number of thiazole rings is 1. The molecule has 2 aromatic carbocycles. The Kier molecular flexibility index (Phi) is 4.67. The second-order valence-electron chi connectivity index (χ2n) is 6.32. The zero-order chi connectivity index (χ0) is 17.9. The second-order valence-corrected chi connectivity index (χ2v) is 7.44. The number of fused-ring (bicyclic) bond motifs is 2. The predicted molar refractivity (Wildman–Crippen MR) is 101 cm³/mol. The number of rotatable bonds is 5. The van der Waals surface area contributed by atoms with Crippen LogP contribution < -0.4 is 5.32 Å². The Labute approximate surface area is 155 Å². The standard InChI is InChI=1S/C20H18N2O3S/c23-19(25-12-18-21-16-7-3-4-8-17(16)26-18)10-9-14-11-13-5-1-2-6-15(13)22-20(14)24/h1-8,14H,9-12H2,(H,22,24)/t14-/m0/s1. The van der Waals surface area contributed by atoms with Crippen molar-refractivity contribution in [2.75, 3.05) is 5.32 Å². The van der Waals surface area contributed by atoms with Gasteiger partial charge in [0.25, 0.3) is 0 Å². The van der Waals surface area contributed by atoms with E-state index in [-0.39, 0.29) is 30.8 Å². The Bertz CT molecular complexity index is 933. The van der Waals surface area contributed by atoms with Gasteiger partial charge in [-0.3, -0.25) is 9.59 Å². The third-order valence-electron chi connectivity index (χ3n) is 4.50. The fourth-order valence-corrected chi connectivity index (χ4v) is 4.02. The van der Waals surface area contributed by atoms with Crippen LogP contribution in [0.4, 0.5) is 5.69 Å². The van der Waals surface area contributed by atoms with Crippen molar-refractivity contribution in [1.29, 1.82) is 0 Å². The van der Waals surface area contributed by atoms with Crippen LogP contribution in [0.1, 0.15) is 23.4 Å². The fourth-order valence-electron chi connectivity index (χ4n) is 3.13. The Morgan fingerprint density at radius 3 is 2.88 bits per heavy atom. The maximum Gasteiger partial charge on any atom is 0.306 e. The van der Waals surface area contributed by atoms with Crippen LogP contribution in [-0.4, -0.2) is 16.9 Å². The molecule has 6 heteroatoms. The number of ether oxygens (including phenoxy) is 1. The monoisotopic (exact) mass is 366 g/mol. The predicted octanol–water partition coefficient (Wildman–Crippen LogP) is 3.93. The van der Waals surface area contributed by atoms with E-state index < -0.39 is 0 Å². The maximum atomic E-state index is 12.2. The van der Waals surface area contributed by atoms with Gasteiger partial charge in [0.05, 0.1) is 10.2 Å². The van der Waals surface area contributed by atoms with Crippen LogP contribution >= 0.6 is 11.3 Å². The Morgan fingerprint density at radius 2 is 2.00 bits per heavy atom. The molecule has 1 amide bonds. The van der Waals surface area contributed by atoms with Crippen molar-refractivity contribution in [2.45, 2.75) is 25.9 Å². The quantitative estimate of drug-likeness (QED) is 0.695. The molecule has 2 heterocycles. The highest BCUT2D eigenvalue weighted by atomic mass is 32.1. The highest BCUT2D eigenvalue weighted by Gasteiger charge is 2.26. The summed E-state index contributed by atoms with van der Waals surface area (Å²) in [5.41, 5.74) is 2.90. The summed E-state index contributed by atoms with van der Waals surface area (Å²) in [5.74, 6) is -0.515. The summed E-state index contributed by atoms with van der Waals surface area (Å²) in [6.45, 7) is 0.178. The molecular formula is C20H18N2O3S. The molecule has 0 saturated heterocycles. The van der Waals surface area contributed by atoms with Crippen molar-refractivity contribution in [3.63, 3.8) is 0 Å². The normalized spacial score (nSPS) is 16.2. The van der Waals surface area contributed by atoms with E-state index in [9.17, 15) is 9.59 Å². The molecule has 3 aromatic rings. The van der Waals surface area contributed by atoms with Crippen LogP contribution in [0, 0.1) is 5.92 Å². The number of hydrogen-bond donors (Lipinski definition) is 1. The third kappa shape index (κ3) is 3.60. The molecule has 26 heavy (non-hydrogen) atoms. The number of hydrogen-bond acceptors (Lipinski definition) is 5. The van der Waals surface area contributed by atoms with Gasteiger partial charge < -0.3 is 10.1 Å². The van der Waals surface area contributed by atoms with Crippen LogP contribution in [0.5, 0.6) is 0 Å². The SMILES string of the molecule is O=C(CC[C@H]1Cc2ccccc2NC1=O)OCc1nc2ccccc2s1. The first-order valence-corrected chi connectivity index (χ1v) is 9.39. The van der Waals surface area contributed by atoms with E-state index in [0.717, 1.165) is 26.5 Å². The van der Waals surface area contributed by atoms with Gasteiger partial charge in [0.1, 0.15) is 11.6 Å². The summed E-state index contributed by atoms with van der Waals surface area (Å²) in [6.07, 6.45) is 1.37. The van der Waals surface area contributed by atoms with Gasteiger partial charge in [-0.05, 0) is 36.6 Å². The van der Waals surface area contributed by atoms with E-state index >= 15 is 0 Å². The van der Waals surface area contributed by atoms with Crippen molar-refractivity contribution in [2.24, 2.45) is 5.92 Å². The number of carbonyl (C=O) groups excluding carboxylic acids is 2. The van der Waals surface area contributed by atoms with Crippen LogP contribution in [0.3, 0.4) is 0 Å². The fraction of sp³-hybridized carbons (Fsp3) is 0.250. The second kappa shape index (κ2) is 7.25. The van der Waals surface area contributed by atoms with E-state index in [1.165, 1.54) is 11.3 Å². The molecular weight excluding hydrogens is 348 g/mol. The zero-order valence-corrected chi connectivity index (χ0v) is 14.9. The lowest BCUT2D eigenvalue weighted by Gasteiger charge is -2.24. The van der Waals surface area contributed by atoms with Crippen molar-refractivity contribution in [3.05, 3.63) is 59.1 Å². The number of carbonyl (C=O) groups is 2. The molecule has 1 aromatic heterocycles. The maximum absolute atomic E-state index is 12.2. The molecule has 132 valence electrons. The van der Waals surface area contributed by atoms with E-state index in [4.69, 9.17) is 4.74 Å². The van der Waals surface area contributed by atoms with Crippen LogP contribution in [0.25, 0.3) is 10.2 Å². The number of benzene rings is 2. The molecule has 0 radical (unpaired) electrons. The number of nitrogens with zero attached hydrogens (tertiary/aromatic N) is 1. The van der Waals surface area contributed by atoms with E-state index in [0.29, 0.717) is 12.8 Å². The molecule has 4 rings (SSSR count). The molecule has 0 bridgehead atoms. The average molecular weight is 366 g/mol. The Hall–Kier alpha value is -2.73. The highest BCUT2D eigenvalue weighted by Crippen LogP contribution is 2.28. The first-order chi connectivity index (χ1) is 12.7. The van der Waals surface area contributed by atoms with Gasteiger partial charge in [-0.25, -0.2) is 4.98 Å². The highest BCUT2D eigenvalue weighted by molar-refractivity contribution is 7.18. The summed E-state index contributed by atoms with van der Waals surface area (Å²) in [4.78, 5) is 28.7. The van der Waals surface area contributed by atoms with Gasteiger partial charge >= 0.3 is 5.97 Å². The minimum atomic E-state index is -0.295. The molecule has 1 aliphatic heterocycles. The lowest BCUT2D eigenvalue weighted by molar-refractivity contribution is -0.145. The number of aromatic nitrogens is 1. The van der Waals surface area contributed by atoms with E-state index in [1.54, 1.807) is 0 Å². The van der Waals surface area contributed by atoms with Crippen LogP contribution in [-0.2, 0) is 27.4 Å². The van der Waals surface area contributed by atoms with Gasteiger partial charge in [0.2, 0.25) is 5.91 Å². The molecule has 0 spiro atoms. The summed E-state index contributed by atoms with van der Waals surface area (Å²) in [7, 11) is 0. The van der Waals surface area contributed by atoms with Gasteiger partial charge in [0, 0.05) is 18.0 Å². The van der Waals surface area contributed by atoms with Gasteiger partial charge in [-0.1, -0.05) is 30.3 Å². The molecule has 0 unspecified atom stereocenters. The largest absolute Gasteiger partial charge is 0.458 e. The summed E-state index contributed by atoms with van der Waals surface area (Å²) in [6, 6.07) is 15.6. The van der Waals surface area contributed by atoms with Crippen molar-refractivity contribution in [1.82, 2.24) is 4.98 Å². The molecule has 5 nitrogen and oxygen atoms in total. The van der Waals surface area contributed by atoms with Gasteiger partial charge in [-0.2, -0.15) is 0 Å². The van der Waals surface area contributed by atoms with Crippen molar-refractivity contribution >= 4 is 39.1 Å². The topological polar surface area (TPSA) is 68.3 Å². The molecule has 0 aliphatic carbocycles. The molecule has 1 N–H and O–H groups in total. The average Bonchev–Trinajstić information content (AvgIpc) is 3.07. The lowest BCUT2D eigenvalue weighted by atomic mass is 9.90. The summed E-state index contributed by atoms with van der Waals surface area (Å²) in [5, 5.41) is 3.69. The minimum Gasteiger partial charge on any atom is -0.458 e. The van der Waals surface area contributed by atoms with E-state index in [2.05, 4.69) is 10.3 Å². The number of para-hydroxylation sites is 2. The third-order valence-corrected chi connectivity index (χ3v) is 5.51. The summed E-state index contributed by atoms with van der Waals surface area (Å²) >= 11 is 1.53. The smallest absolute Gasteiger partial charge is 0.306 e. The Morgan fingerprint density at radius 1 is 1.19 bits per heavy atom. The van der Waals surface area contributed by atoms with Gasteiger partial charge in [0.15, 0.2) is 0 Å². The Balaban J connectivity index is 1.29. The summed E-state index contributed by atoms with van der Waals surface area (Å²) < 4.78 is 6.41. The number of nitrogens with one attached hydrogen (secondary N) is 1. The van der Waals surface area contributed by atoms with Gasteiger partial charge in [-0.15, -0.1) is 11.3 Å². The van der Waals surface area contributed by atoms with Crippen molar-refractivity contribution < 1.29 is 14.3 Å². The van der Waals surface area contributed by atoms with Crippen LogP contribution in [0.2, 0.25) is 0 Å². The van der Waals surface area contributed by atoms with Crippen molar-refractivity contribution in [3.8, 4) is 0 Å². The minimum absolute atomic E-state index is 0.0253. The number of anilines is 1. The first kappa shape index (κ1) is 16.7. The lowest BCUT2D eigenvalue weighted by Crippen LogP contribution is -2.30. The number of esters is 1.